The van der Waals surface area contributed by atoms with Crippen molar-refractivity contribution >= 4 is 51.5 Å². The van der Waals surface area contributed by atoms with Crippen LogP contribution in [0.1, 0.15) is 23.5 Å². The second kappa shape index (κ2) is 7.38. The average Bonchev–Trinajstić information content (AvgIpc) is 2.65. The van der Waals surface area contributed by atoms with Gasteiger partial charge in [0, 0.05) is 5.39 Å². The fraction of sp³-hybridized carbons (Fsp3) is 0.111. The molecule has 1 unspecified atom stereocenters. The predicted molar refractivity (Wildman–Crippen MR) is 103 cm³/mol. The second-order valence-corrected chi connectivity index (χ2v) is 6.50. The third kappa shape index (κ3) is 3.51. The highest BCUT2D eigenvalue weighted by Gasteiger charge is 2.23. The van der Waals surface area contributed by atoms with Crippen LogP contribution < -0.4 is 10.9 Å². The van der Waals surface area contributed by atoms with E-state index in [4.69, 9.17) is 23.2 Å². The van der Waals surface area contributed by atoms with Crippen LogP contribution in [0.25, 0.3) is 10.8 Å². The fourth-order valence-corrected chi connectivity index (χ4v) is 2.92. The van der Waals surface area contributed by atoms with E-state index in [2.05, 4.69) is 10.4 Å². The number of carboxylic acids is 1. The molecule has 0 saturated heterocycles. The molecule has 9 heteroatoms. The highest BCUT2D eigenvalue weighted by molar-refractivity contribution is 6.44. The van der Waals surface area contributed by atoms with Crippen LogP contribution in [-0.2, 0) is 4.79 Å². The Morgan fingerprint density at radius 3 is 2.44 bits per heavy atom. The summed E-state index contributed by atoms with van der Waals surface area (Å²) in [6.07, 6.45) is 0. The fourth-order valence-electron chi connectivity index (χ4n) is 2.58. The van der Waals surface area contributed by atoms with E-state index < -0.39 is 23.5 Å². The molecule has 0 saturated carbocycles. The van der Waals surface area contributed by atoms with Crippen LogP contribution in [0.4, 0.5) is 5.69 Å². The number of carboxylic acid groups (broad SMARTS) is 1. The van der Waals surface area contributed by atoms with Gasteiger partial charge in [0.1, 0.15) is 6.04 Å². The highest BCUT2D eigenvalue weighted by atomic mass is 35.5. The number of hydrogen-bond donors (Lipinski definition) is 2. The molecule has 2 N–H and O–H groups in total. The first-order chi connectivity index (χ1) is 12.8. The number of hydrogen-bond acceptors (Lipinski definition) is 4. The maximum absolute atomic E-state index is 12.7. The lowest BCUT2D eigenvalue weighted by Crippen LogP contribution is -2.34. The molecule has 1 atom stereocenters. The highest BCUT2D eigenvalue weighted by Crippen LogP contribution is 2.30. The number of carbonyl (C=O) groups excluding carboxylic acids is 1. The minimum Gasteiger partial charge on any atom is -0.476 e. The molecule has 0 spiro atoms. The topological polar surface area (TPSA) is 101 Å². The number of aromatic nitrogens is 2. The van der Waals surface area contributed by atoms with E-state index >= 15 is 0 Å². The van der Waals surface area contributed by atoms with E-state index in [-0.39, 0.29) is 32.2 Å². The predicted octanol–water partition coefficient (Wildman–Crippen LogP) is 3.60. The molecule has 3 aromatic rings. The monoisotopic (exact) mass is 405 g/mol. The zero-order valence-corrected chi connectivity index (χ0v) is 15.5. The summed E-state index contributed by atoms with van der Waals surface area (Å²) >= 11 is 12.0. The second-order valence-electron chi connectivity index (χ2n) is 5.72. The van der Waals surface area contributed by atoms with Crippen LogP contribution in [0, 0.1) is 0 Å². The lowest BCUT2D eigenvalue weighted by Gasteiger charge is -2.16. The van der Waals surface area contributed by atoms with Gasteiger partial charge in [0.2, 0.25) is 5.91 Å². The SMILES string of the molecule is CC(C(=O)Nc1cccc(Cl)c1Cl)n1nc(C(=O)O)c2ccccc2c1=O. The van der Waals surface area contributed by atoms with Gasteiger partial charge >= 0.3 is 5.97 Å². The van der Waals surface area contributed by atoms with E-state index in [1.54, 1.807) is 30.3 Å². The lowest BCUT2D eigenvalue weighted by molar-refractivity contribution is -0.119. The van der Waals surface area contributed by atoms with E-state index in [1.165, 1.54) is 19.1 Å². The van der Waals surface area contributed by atoms with Crippen LogP contribution in [0.15, 0.2) is 47.3 Å². The summed E-state index contributed by atoms with van der Waals surface area (Å²) in [5.41, 5.74) is -0.616. The van der Waals surface area contributed by atoms with Gasteiger partial charge in [-0.25, -0.2) is 9.48 Å². The first-order valence-corrected chi connectivity index (χ1v) is 8.56. The Kier molecular flexibility index (Phi) is 5.16. The molecule has 7 nitrogen and oxygen atoms in total. The smallest absolute Gasteiger partial charge is 0.357 e. The Morgan fingerprint density at radius 2 is 1.78 bits per heavy atom. The Morgan fingerprint density at radius 1 is 1.11 bits per heavy atom. The van der Waals surface area contributed by atoms with Crippen molar-refractivity contribution in [3.05, 3.63) is 68.6 Å². The summed E-state index contributed by atoms with van der Waals surface area (Å²) in [6, 6.07) is 9.84. The molecule has 0 aliphatic heterocycles. The van der Waals surface area contributed by atoms with Gasteiger partial charge in [-0.1, -0.05) is 47.5 Å². The molecule has 138 valence electrons. The van der Waals surface area contributed by atoms with E-state index in [1.807, 2.05) is 0 Å². The number of halogens is 2. The number of aromatic carboxylic acids is 1. The van der Waals surface area contributed by atoms with Gasteiger partial charge in [-0.15, -0.1) is 0 Å². The van der Waals surface area contributed by atoms with Crippen molar-refractivity contribution in [1.82, 2.24) is 9.78 Å². The zero-order valence-electron chi connectivity index (χ0n) is 13.9. The molecule has 0 radical (unpaired) electrons. The van der Waals surface area contributed by atoms with Gasteiger partial charge in [0.05, 0.1) is 21.1 Å². The number of amides is 1. The first-order valence-electron chi connectivity index (χ1n) is 7.81. The molecule has 2 aromatic carbocycles. The largest absolute Gasteiger partial charge is 0.476 e. The number of rotatable bonds is 4. The normalized spacial score (nSPS) is 12.0. The summed E-state index contributed by atoms with van der Waals surface area (Å²) in [7, 11) is 0. The minimum absolute atomic E-state index is 0.157. The summed E-state index contributed by atoms with van der Waals surface area (Å²) < 4.78 is 0.847. The van der Waals surface area contributed by atoms with Crippen molar-refractivity contribution in [2.45, 2.75) is 13.0 Å². The Labute approximate surface area is 163 Å². The van der Waals surface area contributed by atoms with Crippen molar-refractivity contribution in [1.29, 1.82) is 0 Å². The molecule has 1 heterocycles. The van der Waals surface area contributed by atoms with Gasteiger partial charge in [-0.2, -0.15) is 5.10 Å². The number of anilines is 1. The van der Waals surface area contributed by atoms with Gasteiger partial charge in [0.15, 0.2) is 5.69 Å². The third-order valence-corrected chi connectivity index (χ3v) is 4.81. The molecule has 0 fully saturated rings. The Balaban J connectivity index is 2.05. The lowest BCUT2D eigenvalue weighted by atomic mass is 10.1. The summed E-state index contributed by atoms with van der Waals surface area (Å²) in [6.45, 7) is 1.43. The summed E-state index contributed by atoms with van der Waals surface area (Å²) in [5, 5.41) is 16.6. The molecule has 1 amide bonds. The van der Waals surface area contributed by atoms with Crippen molar-refractivity contribution < 1.29 is 14.7 Å². The molecule has 0 bridgehead atoms. The van der Waals surface area contributed by atoms with Gasteiger partial charge in [-0.3, -0.25) is 9.59 Å². The van der Waals surface area contributed by atoms with Crippen molar-refractivity contribution in [3.63, 3.8) is 0 Å². The zero-order chi connectivity index (χ0) is 19.7. The summed E-state index contributed by atoms with van der Waals surface area (Å²) in [5.74, 6) is -1.90. The van der Waals surface area contributed by atoms with E-state index in [9.17, 15) is 19.5 Å². The molecule has 27 heavy (non-hydrogen) atoms. The Hall–Kier alpha value is -2.90. The minimum atomic E-state index is -1.30. The number of carbonyl (C=O) groups is 2. The maximum atomic E-state index is 12.7. The van der Waals surface area contributed by atoms with Gasteiger partial charge < -0.3 is 10.4 Å². The van der Waals surface area contributed by atoms with Crippen LogP contribution >= 0.6 is 23.2 Å². The number of nitrogens with zero attached hydrogens (tertiary/aromatic N) is 2. The van der Waals surface area contributed by atoms with Crippen molar-refractivity contribution in [2.24, 2.45) is 0 Å². The third-order valence-electron chi connectivity index (χ3n) is 3.99. The van der Waals surface area contributed by atoms with Crippen LogP contribution in [0.2, 0.25) is 10.0 Å². The molecular weight excluding hydrogens is 393 g/mol. The van der Waals surface area contributed by atoms with Gasteiger partial charge in [0.25, 0.3) is 5.56 Å². The average molecular weight is 406 g/mol. The number of fused-ring (bicyclic) bond motifs is 1. The number of benzene rings is 2. The van der Waals surface area contributed by atoms with Gasteiger partial charge in [-0.05, 0) is 25.1 Å². The Bertz CT molecular complexity index is 1130. The summed E-state index contributed by atoms with van der Waals surface area (Å²) in [4.78, 5) is 36.8. The maximum Gasteiger partial charge on any atom is 0.357 e. The van der Waals surface area contributed by atoms with E-state index in [0.29, 0.717) is 0 Å². The van der Waals surface area contributed by atoms with Crippen LogP contribution in [0.3, 0.4) is 0 Å². The molecule has 0 aliphatic carbocycles. The van der Waals surface area contributed by atoms with Crippen LogP contribution in [0.5, 0.6) is 0 Å². The standard InChI is InChI=1S/C18H13Cl2N3O4/c1-9(16(24)21-13-8-4-7-12(19)14(13)20)23-17(25)11-6-3-2-5-10(11)15(22-23)18(26)27/h2-9H,1H3,(H,21,24)(H,26,27). The first kappa shape index (κ1) is 18.9. The molecule has 3 rings (SSSR count). The molecule has 0 aliphatic rings. The van der Waals surface area contributed by atoms with Crippen molar-refractivity contribution in [2.75, 3.05) is 5.32 Å². The quantitative estimate of drug-likeness (QED) is 0.690. The molecule has 1 aromatic heterocycles. The van der Waals surface area contributed by atoms with Crippen LogP contribution in [-0.4, -0.2) is 26.8 Å². The van der Waals surface area contributed by atoms with E-state index in [0.717, 1.165) is 4.68 Å². The van der Waals surface area contributed by atoms with Crippen molar-refractivity contribution in [3.8, 4) is 0 Å². The number of nitrogens with one attached hydrogen (secondary N) is 1. The molecular formula is C18H13Cl2N3O4.